The van der Waals surface area contributed by atoms with Crippen molar-refractivity contribution in [2.24, 2.45) is 10.7 Å². The van der Waals surface area contributed by atoms with Crippen molar-refractivity contribution in [1.82, 2.24) is 4.98 Å². The second-order valence-corrected chi connectivity index (χ2v) is 5.22. The highest BCUT2D eigenvalue weighted by Gasteiger charge is 2.35. The minimum atomic E-state index is -4.46. The van der Waals surface area contributed by atoms with Gasteiger partial charge in [-0.15, -0.1) is 0 Å². The number of aromatic nitrogens is 1. The van der Waals surface area contributed by atoms with Gasteiger partial charge in [0.25, 0.3) is 0 Å². The van der Waals surface area contributed by atoms with Crippen LogP contribution in [0.3, 0.4) is 0 Å². The molecule has 0 spiro atoms. The van der Waals surface area contributed by atoms with Crippen molar-refractivity contribution < 1.29 is 13.2 Å². The summed E-state index contributed by atoms with van der Waals surface area (Å²) >= 11 is 0. The number of hydrogen-bond donors (Lipinski definition) is 1. The van der Waals surface area contributed by atoms with Crippen molar-refractivity contribution in [1.29, 1.82) is 0 Å². The number of fused-ring (bicyclic) bond motifs is 1. The average Bonchev–Trinajstić information content (AvgIpc) is 2.47. The molecule has 1 aliphatic heterocycles. The van der Waals surface area contributed by atoms with Gasteiger partial charge >= 0.3 is 6.18 Å². The van der Waals surface area contributed by atoms with E-state index in [4.69, 9.17) is 5.73 Å². The number of nitrogens with zero attached hydrogens (tertiary/aromatic N) is 2. The van der Waals surface area contributed by atoms with E-state index in [0.717, 1.165) is 11.6 Å². The van der Waals surface area contributed by atoms with Crippen LogP contribution in [-0.4, -0.2) is 17.7 Å². The van der Waals surface area contributed by atoms with Gasteiger partial charge < -0.3 is 5.73 Å². The maximum atomic E-state index is 13.3. The Labute approximate surface area is 125 Å². The normalized spacial score (nSPS) is 17.4. The molecule has 0 aliphatic carbocycles. The van der Waals surface area contributed by atoms with E-state index >= 15 is 0 Å². The number of rotatable bonds is 2. The van der Waals surface area contributed by atoms with E-state index in [2.05, 4.69) is 9.98 Å². The van der Waals surface area contributed by atoms with E-state index in [9.17, 15) is 13.2 Å². The molecular formula is C16H14F3N3. The summed E-state index contributed by atoms with van der Waals surface area (Å²) in [5.74, 6) is 0. The second-order valence-electron chi connectivity index (χ2n) is 5.22. The van der Waals surface area contributed by atoms with Gasteiger partial charge in [0.1, 0.15) is 0 Å². The zero-order chi connectivity index (χ0) is 15.7. The monoisotopic (exact) mass is 305 g/mol. The van der Waals surface area contributed by atoms with E-state index < -0.39 is 17.8 Å². The van der Waals surface area contributed by atoms with Gasteiger partial charge in [-0.25, -0.2) is 0 Å². The predicted octanol–water partition coefficient (Wildman–Crippen LogP) is 3.12. The highest BCUT2D eigenvalue weighted by molar-refractivity contribution is 5.83. The van der Waals surface area contributed by atoms with Gasteiger partial charge in [0.15, 0.2) is 0 Å². The lowest BCUT2D eigenvalue weighted by atomic mass is 9.98. The summed E-state index contributed by atoms with van der Waals surface area (Å²) in [4.78, 5) is 8.20. The summed E-state index contributed by atoms with van der Waals surface area (Å²) in [6, 6.07) is 9.60. The van der Waals surface area contributed by atoms with Crippen LogP contribution in [0.15, 0.2) is 41.4 Å². The van der Waals surface area contributed by atoms with Gasteiger partial charge in [-0.3, -0.25) is 9.98 Å². The lowest BCUT2D eigenvalue weighted by Gasteiger charge is -2.20. The van der Waals surface area contributed by atoms with Gasteiger partial charge in [-0.1, -0.05) is 30.3 Å². The zero-order valence-corrected chi connectivity index (χ0v) is 11.6. The van der Waals surface area contributed by atoms with Crippen molar-refractivity contribution in [2.45, 2.75) is 18.6 Å². The summed E-state index contributed by atoms with van der Waals surface area (Å²) in [6.07, 6.45) is -2.93. The number of alkyl halides is 3. The first kappa shape index (κ1) is 14.7. The van der Waals surface area contributed by atoms with E-state index in [0.29, 0.717) is 17.8 Å². The number of hydrogen-bond acceptors (Lipinski definition) is 3. The zero-order valence-electron chi connectivity index (χ0n) is 11.6. The summed E-state index contributed by atoms with van der Waals surface area (Å²) in [7, 11) is 0. The lowest BCUT2D eigenvalue weighted by Crippen LogP contribution is -2.24. The van der Waals surface area contributed by atoms with Gasteiger partial charge in [0, 0.05) is 18.2 Å². The van der Waals surface area contributed by atoms with Crippen LogP contribution in [0.5, 0.6) is 0 Å². The minimum absolute atomic E-state index is 0.00296. The first-order valence-electron chi connectivity index (χ1n) is 6.85. The Morgan fingerprint density at radius 3 is 2.59 bits per heavy atom. The average molecular weight is 305 g/mol. The molecule has 0 saturated carbocycles. The third kappa shape index (κ3) is 2.87. The lowest BCUT2D eigenvalue weighted by molar-refractivity contribution is -0.138. The van der Waals surface area contributed by atoms with Crippen molar-refractivity contribution in [3.8, 4) is 0 Å². The Kier molecular flexibility index (Phi) is 3.70. The second kappa shape index (κ2) is 5.53. The fraction of sp³-hybridized carbons (Fsp3) is 0.250. The molecule has 3 nitrogen and oxygen atoms in total. The molecule has 2 N–H and O–H groups in total. The molecule has 1 aromatic carbocycles. The highest BCUT2D eigenvalue weighted by atomic mass is 19.4. The maximum absolute atomic E-state index is 13.3. The molecule has 114 valence electrons. The molecule has 0 fully saturated rings. The molecule has 22 heavy (non-hydrogen) atoms. The van der Waals surface area contributed by atoms with E-state index in [1.807, 2.05) is 6.07 Å². The van der Waals surface area contributed by atoms with E-state index in [-0.39, 0.29) is 12.1 Å². The SMILES string of the molecule is N[C@@H]1CN=Cc2cc(C(F)(F)F)c(Cc3ccccc3)nc21. The van der Waals surface area contributed by atoms with Crippen LogP contribution in [0.25, 0.3) is 0 Å². The standard InChI is InChI=1S/C16H14F3N3/c17-16(18,19)12-7-11-8-21-9-13(20)15(11)22-14(12)6-10-4-2-1-3-5-10/h1-5,7-8,13H,6,9,20H2/t13-/m1/s1. The van der Waals surface area contributed by atoms with Crippen molar-refractivity contribution in [3.05, 3.63) is 64.5 Å². The van der Waals surface area contributed by atoms with Crippen LogP contribution in [0, 0.1) is 0 Å². The Morgan fingerprint density at radius 1 is 1.18 bits per heavy atom. The minimum Gasteiger partial charge on any atom is -0.321 e. The number of aliphatic imine (C=N–C) groups is 1. The molecule has 0 radical (unpaired) electrons. The molecule has 1 aromatic heterocycles. The molecule has 0 unspecified atom stereocenters. The molecule has 0 amide bonds. The van der Waals surface area contributed by atoms with Crippen molar-refractivity contribution in [3.63, 3.8) is 0 Å². The fourth-order valence-corrected chi connectivity index (χ4v) is 2.50. The van der Waals surface area contributed by atoms with Crippen LogP contribution < -0.4 is 5.73 Å². The smallest absolute Gasteiger partial charge is 0.321 e. The molecule has 6 heteroatoms. The predicted molar refractivity (Wildman–Crippen MR) is 77.9 cm³/mol. The summed E-state index contributed by atoms with van der Waals surface area (Å²) < 4.78 is 39.9. The van der Waals surface area contributed by atoms with Crippen LogP contribution in [-0.2, 0) is 12.6 Å². The van der Waals surface area contributed by atoms with E-state index in [1.54, 1.807) is 24.3 Å². The molecule has 0 saturated heterocycles. The first-order chi connectivity index (χ1) is 10.4. The third-order valence-corrected chi connectivity index (χ3v) is 3.57. The Bertz CT molecular complexity index is 709. The number of nitrogens with two attached hydrogens (primary N) is 1. The molecule has 1 atom stereocenters. The van der Waals surface area contributed by atoms with Crippen LogP contribution in [0.2, 0.25) is 0 Å². The molecule has 2 heterocycles. The number of benzene rings is 1. The van der Waals surface area contributed by atoms with Crippen LogP contribution >= 0.6 is 0 Å². The first-order valence-corrected chi connectivity index (χ1v) is 6.85. The Balaban J connectivity index is 2.10. The largest absolute Gasteiger partial charge is 0.418 e. The fourth-order valence-electron chi connectivity index (χ4n) is 2.50. The Morgan fingerprint density at radius 2 is 1.91 bits per heavy atom. The molecule has 3 rings (SSSR count). The van der Waals surface area contributed by atoms with Gasteiger partial charge in [0.05, 0.1) is 29.5 Å². The maximum Gasteiger partial charge on any atom is 0.418 e. The van der Waals surface area contributed by atoms with Crippen molar-refractivity contribution >= 4 is 6.21 Å². The Hall–Kier alpha value is -2.21. The van der Waals surface area contributed by atoms with Crippen LogP contribution in [0.4, 0.5) is 13.2 Å². The third-order valence-electron chi connectivity index (χ3n) is 3.57. The van der Waals surface area contributed by atoms with Gasteiger partial charge in [-0.05, 0) is 11.6 Å². The molecule has 1 aliphatic rings. The topological polar surface area (TPSA) is 51.3 Å². The van der Waals surface area contributed by atoms with Crippen molar-refractivity contribution in [2.75, 3.05) is 6.54 Å². The molecule has 2 aromatic rings. The van der Waals surface area contributed by atoms with Crippen LogP contribution in [0.1, 0.15) is 34.1 Å². The van der Waals surface area contributed by atoms with Gasteiger partial charge in [-0.2, -0.15) is 13.2 Å². The number of halogens is 3. The molecular weight excluding hydrogens is 291 g/mol. The van der Waals surface area contributed by atoms with Gasteiger partial charge in [0.2, 0.25) is 0 Å². The summed E-state index contributed by atoms with van der Waals surface area (Å²) in [6.45, 7) is 0.343. The quantitative estimate of drug-likeness (QED) is 0.927. The summed E-state index contributed by atoms with van der Waals surface area (Å²) in [5, 5.41) is 0. The highest BCUT2D eigenvalue weighted by Crippen LogP contribution is 2.34. The molecule has 0 bridgehead atoms. The van der Waals surface area contributed by atoms with E-state index in [1.165, 1.54) is 6.21 Å². The number of pyridine rings is 1. The summed E-state index contributed by atoms with van der Waals surface area (Å²) in [5.41, 5.74) is 6.79.